The molecular formula is C9H12NO+. The van der Waals surface area contributed by atoms with Crippen LogP contribution in [0.15, 0.2) is 17.9 Å². The topological polar surface area (TPSA) is 23.2 Å². The van der Waals surface area contributed by atoms with E-state index in [-0.39, 0.29) is 0 Å². The van der Waals surface area contributed by atoms with Crippen LogP contribution in [0.4, 0.5) is 0 Å². The third-order valence-corrected chi connectivity index (χ3v) is 2.35. The summed E-state index contributed by atoms with van der Waals surface area (Å²) >= 11 is 0. The molecule has 1 aliphatic heterocycles. The minimum atomic E-state index is 0.513. The summed E-state index contributed by atoms with van der Waals surface area (Å²) in [5.41, 5.74) is 0. The van der Waals surface area contributed by atoms with E-state index in [1.165, 1.54) is 0 Å². The highest BCUT2D eigenvalue weighted by Crippen LogP contribution is 2.22. The van der Waals surface area contributed by atoms with Crippen LogP contribution < -0.4 is 4.99 Å². The van der Waals surface area contributed by atoms with Crippen molar-refractivity contribution in [2.45, 2.75) is 18.9 Å². The molecule has 0 saturated carbocycles. The Morgan fingerprint density at radius 1 is 1.73 bits per heavy atom. The van der Waals surface area contributed by atoms with Gasteiger partial charge < -0.3 is 4.74 Å². The number of ether oxygens (including phenoxy) is 1. The molecule has 58 valence electrons. The maximum absolute atomic E-state index is 5.18. The van der Waals surface area contributed by atoms with E-state index in [0.717, 1.165) is 18.6 Å². The maximum Gasteiger partial charge on any atom is 0.170 e. The standard InChI is InChI=1S/C9H11NO/c1-11-8-2-3-9-7(6-8)4-5-10-9/h4,6-7,9H,2-3H2,1H3/p+1. The lowest BCUT2D eigenvalue weighted by molar-refractivity contribution is -0.497. The zero-order valence-electron chi connectivity index (χ0n) is 6.63. The predicted molar refractivity (Wildman–Crippen MR) is 42.1 cm³/mol. The van der Waals surface area contributed by atoms with E-state index in [1.54, 1.807) is 7.11 Å². The largest absolute Gasteiger partial charge is 0.501 e. The predicted octanol–water partition coefficient (Wildman–Crippen LogP) is -0.385. The second kappa shape index (κ2) is 2.55. The molecule has 0 bridgehead atoms. The van der Waals surface area contributed by atoms with Gasteiger partial charge in [-0.25, -0.2) is 0 Å². The fourth-order valence-corrected chi connectivity index (χ4v) is 1.66. The molecule has 0 fully saturated rings. The molecule has 0 aromatic carbocycles. The third kappa shape index (κ3) is 1.10. The fraction of sp³-hybridized carbons (Fsp3) is 0.556. The summed E-state index contributed by atoms with van der Waals surface area (Å²) < 4.78 is 5.18. The molecule has 2 rings (SSSR count). The molecule has 1 N–H and O–H groups in total. The van der Waals surface area contributed by atoms with E-state index < -0.39 is 0 Å². The number of nitrogens with one attached hydrogen (secondary N) is 1. The van der Waals surface area contributed by atoms with Gasteiger partial charge in [0, 0.05) is 18.9 Å². The molecule has 2 nitrogen and oxygen atoms in total. The SMILES string of the molecule is COC1=CC2C=C=[NH+]C2CC1. The first-order valence-corrected chi connectivity index (χ1v) is 3.99. The van der Waals surface area contributed by atoms with Crippen LogP contribution >= 0.6 is 0 Å². The molecule has 2 unspecified atom stereocenters. The minimum absolute atomic E-state index is 0.513. The van der Waals surface area contributed by atoms with Crippen LogP contribution in [0, 0.1) is 5.92 Å². The van der Waals surface area contributed by atoms with Crippen molar-refractivity contribution in [3.05, 3.63) is 17.9 Å². The second-order valence-corrected chi connectivity index (χ2v) is 3.01. The number of hydrogen-bond acceptors (Lipinski definition) is 1. The van der Waals surface area contributed by atoms with Crippen LogP contribution in [0.3, 0.4) is 0 Å². The maximum atomic E-state index is 5.18. The molecule has 1 aliphatic carbocycles. The second-order valence-electron chi connectivity index (χ2n) is 3.01. The van der Waals surface area contributed by atoms with Crippen molar-refractivity contribution in [1.29, 1.82) is 0 Å². The number of rotatable bonds is 1. The number of fused-ring (bicyclic) bond motifs is 1. The van der Waals surface area contributed by atoms with E-state index in [1.807, 2.05) is 0 Å². The Kier molecular flexibility index (Phi) is 1.55. The quantitative estimate of drug-likeness (QED) is 0.541. The van der Waals surface area contributed by atoms with Gasteiger partial charge in [0.25, 0.3) is 0 Å². The van der Waals surface area contributed by atoms with Gasteiger partial charge in [0.15, 0.2) is 11.9 Å². The number of hydrogen-bond donors (Lipinski definition) is 1. The first-order valence-electron chi connectivity index (χ1n) is 3.99. The zero-order chi connectivity index (χ0) is 7.68. The molecular weight excluding hydrogens is 138 g/mol. The lowest BCUT2D eigenvalue weighted by Gasteiger charge is -2.17. The summed E-state index contributed by atoms with van der Waals surface area (Å²) in [5.74, 6) is 4.66. The van der Waals surface area contributed by atoms with Gasteiger partial charge in [-0.1, -0.05) is 0 Å². The van der Waals surface area contributed by atoms with Gasteiger partial charge in [0.2, 0.25) is 0 Å². The summed E-state index contributed by atoms with van der Waals surface area (Å²) in [6.45, 7) is 0. The van der Waals surface area contributed by atoms with Gasteiger partial charge in [0.1, 0.15) is 0 Å². The Morgan fingerprint density at radius 3 is 3.45 bits per heavy atom. The summed E-state index contributed by atoms with van der Waals surface area (Å²) in [4.78, 5) is 3.20. The Balaban J connectivity index is 2.16. The van der Waals surface area contributed by atoms with Crippen molar-refractivity contribution in [3.63, 3.8) is 0 Å². The fourth-order valence-electron chi connectivity index (χ4n) is 1.66. The van der Waals surface area contributed by atoms with Gasteiger partial charge >= 0.3 is 0 Å². The summed E-state index contributed by atoms with van der Waals surface area (Å²) in [6.07, 6.45) is 6.47. The molecule has 0 aromatic heterocycles. The summed E-state index contributed by atoms with van der Waals surface area (Å²) in [6, 6.07) is 0.578. The van der Waals surface area contributed by atoms with E-state index in [4.69, 9.17) is 4.74 Å². The lowest BCUT2D eigenvalue weighted by atomic mass is 9.91. The van der Waals surface area contributed by atoms with Crippen molar-refractivity contribution in [2.75, 3.05) is 7.11 Å². The average Bonchev–Trinajstić information content (AvgIpc) is 2.50. The Hall–Kier alpha value is -1.01. The van der Waals surface area contributed by atoms with Crippen LogP contribution in [-0.4, -0.2) is 19.0 Å². The van der Waals surface area contributed by atoms with Crippen molar-refractivity contribution >= 4 is 5.87 Å². The van der Waals surface area contributed by atoms with Crippen LogP contribution in [0.2, 0.25) is 0 Å². The van der Waals surface area contributed by atoms with Crippen LogP contribution in [0.1, 0.15) is 12.8 Å². The highest BCUT2D eigenvalue weighted by Gasteiger charge is 2.29. The molecule has 0 spiro atoms. The lowest BCUT2D eigenvalue weighted by Crippen LogP contribution is -2.74. The highest BCUT2D eigenvalue weighted by molar-refractivity contribution is 5.49. The summed E-state index contributed by atoms with van der Waals surface area (Å²) in [7, 11) is 1.74. The Labute approximate surface area is 66.3 Å². The van der Waals surface area contributed by atoms with Gasteiger partial charge in [-0.15, -0.1) is 0 Å². The zero-order valence-corrected chi connectivity index (χ0v) is 6.63. The summed E-state index contributed by atoms with van der Waals surface area (Å²) in [5, 5.41) is 0. The van der Waals surface area contributed by atoms with Crippen LogP contribution in [-0.2, 0) is 4.74 Å². The minimum Gasteiger partial charge on any atom is -0.501 e. The molecule has 1 heterocycles. The number of methoxy groups -OCH3 is 1. The smallest absolute Gasteiger partial charge is 0.170 e. The molecule has 2 atom stereocenters. The van der Waals surface area contributed by atoms with Crippen molar-refractivity contribution < 1.29 is 9.73 Å². The van der Waals surface area contributed by atoms with Crippen LogP contribution in [0.25, 0.3) is 0 Å². The normalized spacial score (nSPS) is 33.4. The molecule has 0 radical (unpaired) electrons. The first kappa shape index (κ1) is 6.68. The van der Waals surface area contributed by atoms with Gasteiger partial charge in [0.05, 0.1) is 18.8 Å². The average molecular weight is 150 g/mol. The molecule has 2 aliphatic rings. The number of allylic oxidation sites excluding steroid dienone is 1. The monoisotopic (exact) mass is 150 g/mol. The van der Waals surface area contributed by atoms with E-state index in [0.29, 0.717) is 12.0 Å². The van der Waals surface area contributed by atoms with Crippen molar-refractivity contribution in [3.8, 4) is 0 Å². The highest BCUT2D eigenvalue weighted by atomic mass is 16.5. The van der Waals surface area contributed by atoms with Crippen molar-refractivity contribution in [1.82, 2.24) is 0 Å². The molecule has 2 heteroatoms. The molecule has 0 aromatic rings. The van der Waals surface area contributed by atoms with Gasteiger partial charge in [-0.2, -0.15) is 4.99 Å². The Bertz CT molecular complexity index is 248. The van der Waals surface area contributed by atoms with Crippen LogP contribution in [0.5, 0.6) is 0 Å². The Morgan fingerprint density at radius 2 is 2.64 bits per heavy atom. The van der Waals surface area contributed by atoms with E-state index in [2.05, 4.69) is 23.0 Å². The van der Waals surface area contributed by atoms with Gasteiger partial charge in [-0.05, 0) is 6.08 Å². The van der Waals surface area contributed by atoms with Gasteiger partial charge in [-0.3, -0.25) is 0 Å². The van der Waals surface area contributed by atoms with Crippen molar-refractivity contribution in [2.24, 2.45) is 5.92 Å². The first-order chi connectivity index (χ1) is 5.40. The third-order valence-electron chi connectivity index (χ3n) is 2.35. The molecule has 0 saturated heterocycles. The van der Waals surface area contributed by atoms with E-state index >= 15 is 0 Å². The van der Waals surface area contributed by atoms with E-state index in [9.17, 15) is 0 Å². The molecule has 0 amide bonds. The molecule has 11 heavy (non-hydrogen) atoms.